The molecule has 0 radical (unpaired) electrons. The van der Waals surface area contributed by atoms with Gasteiger partial charge in [0.2, 0.25) is 5.91 Å². The fourth-order valence-corrected chi connectivity index (χ4v) is 2.65. The highest BCUT2D eigenvalue weighted by atomic mass is 32.2. The smallest absolute Gasteiger partial charge is 0.230 e. The lowest BCUT2D eigenvalue weighted by atomic mass is 10.1. The first-order chi connectivity index (χ1) is 9.69. The number of aromatic nitrogens is 2. The molecule has 1 heterocycles. The molecule has 2 rings (SSSR count). The number of H-pyrrole nitrogens is 1. The molecule has 0 bridgehead atoms. The average molecular weight is 289 g/mol. The number of imidazole rings is 1. The van der Waals surface area contributed by atoms with E-state index in [1.165, 1.54) is 17.3 Å². The van der Waals surface area contributed by atoms with Crippen molar-refractivity contribution in [3.8, 4) is 0 Å². The maximum absolute atomic E-state index is 11.4. The number of carbonyl (C=O) groups excluding carboxylic acids is 1. The molecule has 0 saturated carbocycles. The summed E-state index contributed by atoms with van der Waals surface area (Å²) in [5, 5.41) is 3.58. The van der Waals surface area contributed by atoms with Crippen molar-refractivity contribution in [1.29, 1.82) is 0 Å². The molecule has 0 unspecified atom stereocenters. The van der Waals surface area contributed by atoms with E-state index in [-0.39, 0.29) is 5.91 Å². The van der Waals surface area contributed by atoms with E-state index in [4.69, 9.17) is 0 Å². The molecular weight excluding hydrogens is 270 g/mol. The molecule has 2 N–H and O–H groups in total. The lowest BCUT2D eigenvalue weighted by Gasteiger charge is -1.99. The Hall–Kier alpha value is -1.75. The fourth-order valence-electron chi connectivity index (χ4n) is 1.88. The molecular formula is C15H19N3OS. The second-order valence-corrected chi connectivity index (χ2v) is 5.48. The van der Waals surface area contributed by atoms with E-state index in [1.54, 1.807) is 0 Å². The van der Waals surface area contributed by atoms with Gasteiger partial charge in [-0.2, -0.15) is 0 Å². The topological polar surface area (TPSA) is 57.8 Å². The molecule has 1 amide bonds. The number of aryl methyl sites for hydroxylation is 1. The molecule has 1 aromatic heterocycles. The summed E-state index contributed by atoms with van der Waals surface area (Å²) in [5.41, 5.74) is 3.34. The minimum Gasteiger partial charge on any atom is -0.356 e. The lowest BCUT2D eigenvalue weighted by Crippen LogP contribution is -2.24. The van der Waals surface area contributed by atoms with Crippen LogP contribution in [0.3, 0.4) is 0 Å². The zero-order chi connectivity index (χ0) is 14.4. The normalized spacial score (nSPS) is 10.5. The van der Waals surface area contributed by atoms with Crippen molar-refractivity contribution >= 4 is 17.7 Å². The molecule has 0 fully saturated rings. The van der Waals surface area contributed by atoms with E-state index in [9.17, 15) is 4.79 Å². The van der Waals surface area contributed by atoms with E-state index in [2.05, 4.69) is 27.4 Å². The van der Waals surface area contributed by atoms with E-state index < -0.39 is 0 Å². The van der Waals surface area contributed by atoms with Crippen molar-refractivity contribution in [2.45, 2.75) is 25.4 Å². The van der Waals surface area contributed by atoms with Crippen LogP contribution >= 0.6 is 11.8 Å². The third kappa shape index (κ3) is 4.13. The zero-order valence-electron chi connectivity index (χ0n) is 11.8. The molecule has 0 saturated heterocycles. The summed E-state index contributed by atoms with van der Waals surface area (Å²) in [6.45, 7) is 4.59. The molecule has 0 aliphatic heterocycles. The number of nitrogens with zero attached hydrogens (tertiary/aromatic N) is 1. The summed E-state index contributed by atoms with van der Waals surface area (Å²) in [5.74, 6) is 0.433. The molecule has 0 spiro atoms. The van der Waals surface area contributed by atoms with Gasteiger partial charge in [0.1, 0.15) is 0 Å². The number of hydrogen-bond acceptors (Lipinski definition) is 3. The molecule has 2 aromatic rings. The maximum Gasteiger partial charge on any atom is 0.230 e. The summed E-state index contributed by atoms with van der Waals surface area (Å²) < 4.78 is 0. The van der Waals surface area contributed by atoms with Crippen LogP contribution in [0.4, 0.5) is 0 Å². The fraction of sp³-hybridized carbons (Fsp3) is 0.333. The predicted molar refractivity (Wildman–Crippen MR) is 82.0 cm³/mol. The van der Waals surface area contributed by atoms with Crippen molar-refractivity contribution in [1.82, 2.24) is 15.3 Å². The van der Waals surface area contributed by atoms with Crippen molar-refractivity contribution in [3.05, 3.63) is 47.3 Å². The van der Waals surface area contributed by atoms with Gasteiger partial charge in [-0.3, -0.25) is 4.79 Å². The zero-order valence-corrected chi connectivity index (χ0v) is 12.6. The summed E-state index contributed by atoms with van der Waals surface area (Å²) >= 11 is 1.44. The number of benzene rings is 1. The Labute approximate surface area is 123 Å². The van der Waals surface area contributed by atoms with E-state index in [0.29, 0.717) is 12.3 Å². The van der Waals surface area contributed by atoms with E-state index in [1.807, 2.05) is 32.0 Å². The number of amides is 1. The van der Waals surface area contributed by atoms with Crippen LogP contribution in [0.1, 0.15) is 23.9 Å². The SMILES string of the molecule is CCNC(=O)CSc1nc(Cc2ccccc2)c(C)[nH]1. The first-order valence-electron chi connectivity index (χ1n) is 6.68. The Morgan fingerprint density at radius 2 is 2.10 bits per heavy atom. The third-order valence-electron chi connectivity index (χ3n) is 2.89. The highest BCUT2D eigenvalue weighted by molar-refractivity contribution is 7.99. The van der Waals surface area contributed by atoms with Crippen LogP contribution < -0.4 is 5.32 Å². The number of rotatable bonds is 6. The van der Waals surface area contributed by atoms with Gasteiger partial charge in [-0.15, -0.1) is 0 Å². The predicted octanol–water partition coefficient (Wildman–Crippen LogP) is 2.54. The summed E-state index contributed by atoms with van der Waals surface area (Å²) in [6.07, 6.45) is 0.810. The van der Waals surface area contributed by atoms with E-state index in [0.717, 1.165) is 23.0 Å². The van der Waals surface area contributed by atoms with Gasteiger partial charge in [0.25, 0.3) is 0 Å². The van der Waals surface area contributed by atoms with Crippen LogP contribution in [0, 0.1) is 6.92 Å². The number of thioether (sulfide) groups is 1. The molecule has 1 aromatic carbocycles. The Morgan fingerprint density at radius 3 is 2.80 bits per heavy atom. The van der Waals surface area contributed by atoms with Gasteiger partial charge < -0.3 is 10.3 Å². The van der Waals surface area contributed by atoms with Crippen LogP contribution in [0.25, 0.3) is 0 Å². The lowest BCUT2D eigenvalue weighted by molar-refractivity contribution is -0.118. The average Bonchev–Trinajstić information content (AvgIpc) is 2.79. The Morgan fingerprint density at radius 1 is 1.35 bits per heavy atom. The number of nitrogens with one attached hydrogen (secondary N) is 2. The minimum absolute atomic E-state index is 0.0381. The second-order valence-electron chi connectivity index (χ2n) is 4.52. The van der Waals surface area contributed by atoms with Crippen molar-refractivity contribution < 1.29 is 4.79 Å². The summed E-state index contributed by atoms with van der Waals surface area (Å²) in [4.78, 5) is 19.2. The third-order valence-corrected chi connectivity index (χ3v) is 3.77. The van der Waals surface area contributed by atoms with Crippen molar-refractivity contribution in [3.63, 3.8) is 0 Å². The molecule has 0 aliphatic carbocycles. The van der Waals surface area contributed by atoms with Crippen molar-refractivity contribution in [2.24, 2.45) is 0 Å². The molecule has 5 heteroatoms. The quantitative estimate of drug-likeness (QED) is 0.803. The minimum atomic E-state index is 0.0381. The molecule has 106 valence electrons. The van der Waals surface area contributed by atoms with Gasteiger partial charge in [0.05, 0.1) is 11.4 Å². The van der Waals surface area contributed by atoms with Crippen LogP contribution in [-0.4, -0.2) is 28.2 Å². The highest BCUT2D eigenvalue weighted by Crippen LogP contribution is 2.18. The Balaban J connectivity index is 1.97. The first-order valence-corrected chi connectivity index (χ1v) is 7.66. The summed E-state index contributed by atoms with van der Waals surface area (Å²) in [7, 11) is 0. The summed E-state index contributed by atoms with van der Waals surface area (Å²) in [6, 6.07) is 10.3. The molecule has 20 heavy (non-hydrogen) atoms. The number of aromatic amines is 1. The molecule has 4 nitrogen and oxygen atoms in total. The number of hydrogen-bond donors (Lipinski definition) is 2. The molecule has 0 atom stereocenters. The largest absolute Gasteiger partial charge is 0.356 e. The van der Waals surface area contributed by atoms with Gasteiger partial charge in [0.15, 0.2) is 5.16 Å². The van der Waals surface area contributed by atoms with Gasteiger partial charge in [-0.05, 0) is 19.4 Å². The standard InChI is InChI=1S/C15H19N3OS/c1-3-16-14(19)10-20-15-17-11(2)13(18-15)9-12-7-5-4-6-8-12/h4-8H,3,9-10H2,1-2H3,(H,16,19)(H,17,18). The number of carbonyl (C=O) groups is 1. The van der Waals surface area contributed by atoms with Gasteiger partial charge in [-0.25, -0.2) is 4.98 Å². The van der Waals surface area contributed by atoms with Gasteiger partial charge in [-0.1, -0.05) is 42.1 Å². The van der Waals surface area contributed by atoms with Crippen LogP contribution in [0.5, 0.6) is 0 Å². The highest BCUT2D eigenvalue weighted by Gasteiger charge is 2.09. The Kier molecular flexibility index (Phi) is 5.24. The maximum atomic E-state index is 11.4. The van der Waals surface area contributed by atoms with Crippen LogP contribution in [-0.2, 0) is 11.2 Å². The van der Waals surface area contributed by atoms with Crippen molar-refractivity contribution in [2.75, 3.05) is 12.3 Å². The molecule has 0 aliphatic rings. The monoisotopic (exact) mass is 289 g/mol. The van der Waals surface area contributed by atoms with Crippen LogP contribution in [0.15, 0.2) is 35.5 Å². The van der Waals surface area contributed by atoms with Gasteiger partial charge in [0, 0.05) is 18.7 Å². The Bertz CT molecular complexity index is 566. The second kappa shape index (κ2) is 7.14. The van der Waals surface area contributed by atoms with Crippen LogP contribution in [0.2, 0.25) is 0 Å². The first kappa shape index (κ1) is 14.7. The van der Waals surface area contributed by atoms with Gasteiger partial charge >= 0.3 is 0 Å². The van der Waals surface area contributed by atoms with E-state index >= 15 is 0 Å².